The zero-order valence-electron chi connectivity index (χ0n) is 32.5. The molecule has 1 N–H and O–H groups in total. The average Bonchev–Trinajstić information content (AvgIpc) is 3.52. The van der Waals surface area contributed by atoms with Crippen LogP contribution in [0, 0.1) is 56.7 Å². The molecule has 0 spiro atoms. The van der Waals surface area contributed by atoms with E-state index in [1.165, 1.54) is 80.1 Å². The van der Waals surface area contributed by atoms with E-state index >= 15 is 0 Å². The predicted octanol–water partition coefficient (Wildman–Crippen LogP) is 12.0. The molecular formula is C49H64O2. The monoisotopic (exact) mass is 684 g/mol. The van der Waals surface area contributed by atoms with E-state index in [1.807, 2.05) is 0 Å². The second-order valence-electron chi connectivity index (χ2n) is 19.5. The van der Waals surface area contributed by atoms with Crippen LogP contribution in [0.25, 0.3) is 0 Å². The normalized spacial score (nSPS) is 40.0. The molecule has 0 amide bonds. The number of hydrogen-bond acceptors (Lipinski definition) is 2. The van der Waals surface area contributed by atoms with Gasteiger partial charge in [-0.1, -0.05) is 138 Å². The Balaban J connectivity index is 1.19. The molecule has 0 unspecified atom stereocenters. The number of allylic oxidation sites excluding steroid dienone is 1. The molecule has 8 rings (SSSR count). The molecule has 5 saturated carbocycles. The Morgan fingerprint density at radius 3 is 1.78 bits per heavy atom. The van der Waals surface area contributed by atoms with Gasteiger partial charge >= 0.3 is 0 Å². The van der Waals surface area contributed by atoms with Crippen molar-refractivity contribution in [1.29, 1.82) is 0 Å². The third kappa shape index (κ3) is 5.01. The van der Waals surface area contributed by atoms with Crippen molar-refractivity contribution in [3.63, 3.8) is 0 Å². The van der Waals surface area contributed by atoms with Gasteiger partial charge in [-0.3, -0.25) is 0 Å². The van der Waals surface area contributed by atoms with E-state index < -0.39 is 5.60 Å². The molecule has 0 radical (unpaired) electrons. The van der Waals surface area contributed by atoms with Crippen LogP contribution in [-0.4, -0.2) is 17.8 Å². The van der Waals surface area contributed by atoms with Gasteiger partial charge in [0.1, 0.15) is 5.60 Å². The standard InChI is InChI=1S/C49H64O2/c1-34(2)38-25-30-48(33-51-49(35-17-11-8-12-18-35,36-19-13-9-14-20-36)37-21-15-10-16-22-37)32-31-46(6)39(43(38)48)23-24-41-45(5)28-27-42(50)44(3,4)40(45)26-29-47(41,46)7/h8-22,38-43,50H,1,23-33H2,2-7H3/t38-,39+,40-,41+,42-,43+,45-,46+,47+,48+/m0/s1. The van der Waals surface area contributed by atoms with Crippen LogP contribution < -0.4 is 0 Å². The Hall–Kier alpha value is -2.68. The summed E-state index contributed by atoms with van der Waals surface area (Å²) in [6.07, 6.45) is 12.1. The highest BCUT2D eigenvalue weighted by molar-refractivity contribution is 5.47. The summed E-state index contributed by atoms with van der Waals surface area (Å²) in [6, 6.07) is 33.0. The lowest BCUT2D eigenvalue weighted by atomic mass is 9.32. The van der Waals surface area contributed by atoms with Gasteiger partial charge in [0.15, 0.2) is 0 Å². The molecule has 0 aliphatic heterocycles. The maximum absolute atomic E-state index is 11.2. The van der Waals surface area contributed by atoms with E-state index in [1.54, 1.807) is 0 Å². The average molecular weight is 685 g/mol. The van der Waals surface area contributed by atoms with E-state index in [0.717, 1.165) is 13.0 Å². The predicted molar refractivity (Wildman–Crippen MR) is 210 cm³/mol. The van der Waals surface area contributed by atoms with Crippen molar-refractivity contribution in [2.24, 2.45) is 56.7 Å². The summed E-state index contributed by atoms with van der Waals surface area (Å²) in [7, 11) is 0. The van der Waals surface area contributed by atoms with E-state index in [0.29, 0.717) is 40.4 Å². The van der Waals surface area contributed by atoms with E-state index in [9.17, 15) is 5.11 Å². The second-order valence-corrected chi connectivity index (χ2v) is 19.5. The Labute approximate surface area is 309 Å². The lowest BCUT2D eigenvalue weighted by molar-refractivity contribution is -0.251. The molecule has 2 nitrogen and oxygen atoms in total. The van der Waals surface area contributed by atoms with Crippen LogP contribution in [0.1, 0.15) is 122 Å². The van der Waals surface area contributed by atoms with Crippen LogP contribution in [0.3, 0.4) is 0 Å². The first-order chi connectivity index (χ1) is 24.3. The van der Waals surface area contributed by atoms with Gasteiger partial charge in [0.25, 0.3) is 0 Å². The smallest absolute Gasteiger partial charge is 0.143 e. The summed E-state index contributed by atoms with van der Waals surface area (Å²) >= 11 is 0. The molecule has 10 atom stereocenters. The molecule has 5 fully saturated rings. The molecular weight excluding hydrogens is 621 g/mol. The number of aliphatic hydroxyl groups excluding tert-OH is 1. The van der Waals surface area contributed by atoms with Gasteiger partial charge in [-0.05, 0) is 144 Å². The second kappa shape index (κ2) is 12.4. The van der Waals surface area contributed by atoms with Gasteiger partial charge in [0.2, 0.25) is 0 Å². The lowest BCUT2D eigenvalue weighted by Gasteiger charge is -2.73. The fourth-order valence-electron chi connectivity index (χ4n) is 14.5. The number of fused-ring (bicyclic) bond motifs is 7. The number of aliphatic hydroxyl groups is 1. The third-order valence-corrected chi connectivity index (χ3v) is 17.3. The van der Waals surface area contributed by atoms with Crippen LogP contribution in [0.2, 0.25) is 0 Å². The number of rotatable bonds is 7. The van der Waals surface area contributed by atoms with E-state index in [-0.39, 0.29) is 22.3 Å². The summed E-state index contributed by atoms with van der Waals surface area (Å²) in [5, 5.41) is 11.2. The SMILES string of the molecule is C=C(C)[C@@H]1CC[C@]2(COC(c3ccccc3)(c3ccccc3)c3ccccc3)CC[C@]3(C)[C@H](CC[C@@H]4[C@@]5(C)CC[C@H](O)C(C)(C)[C@@H]5CC[C@]43C)[C@@H]12. The molecule has 272 valence electrons. The highest BCUT2D eigenvalue weighted by Crippen LogP contribution is 2.77. The summed E-state index contributed by atoms with van der Waals surface area (Å²) in [4.78, 5) is 0. The Kier molecular flexibility index (Phi) is 8.63. The Morgan fingerprint density at radius 1 is 0.667 bits per heavy atom. The summed E-state index contributed by atoms with van der Waals surface area (Å²) in [6.45, 7) is 20.7. The molecule has 2 heteroatoms. The third-order valence-electron chi connectivity index (χ3n) is 17.3. The first-order valence-corrected chi connectivity index (χ1v) is 20.5. The fourth-order valence-corrected chi connectivity index (χ4v) is 14.5. The van der Waals surface area contributed by atoms with Gasteiger partial charge in [-0.25, -0.2) is 0 Å². The molecule has 0 heterocycles. The first kappa shape index (κ1) is 35.4. The molecule has 5 aliphatic rings. The zero-order valence-corrected chi connectivity index (χ0v) is 32.5. The molecule has 51 heavy (non-hydrogen) atoms. The van der Waals surface area contributed by atoms with Crippen molar-refractivity contribution in [2.45, 2.75) is 117 Å². The van der Waals surface area contributed by atoms with Crippen molar-refractivity contribution in [2.75, 3.05) is 6.61 Å². The van der Waals surface area contributed by atoms with Gasteiger partial charge < -0.3 is 9.84 Å². The van der Waals surface area contributed by atoms with Gasteiger partial charge in [0, 0.05) is 0 Å². The van der Waals surface area contributed by atoms with E-state index in [4.69, 9.17) is 11.3 Å². The molecule has 5 aliphatic carbocycles. The van der Waals surface area contributed by atoms with Crippen LogP contribution in [0.15, 0.2) is 103 Å². The van der Waals surface area contributed by atoms with Crippen molar-refractivity contribution in [1.82, 2.24) is 0 Å². The molecule has 0 aromatic heterocycles. The van der Waals surface area contributed by atoms with Crippen molar-refractivity contribution < 1.29 is 9.84 Å². The maximum atomic E-state index is 11.2. The summed E-state index contributed by atoms with van der Waals surface area (Å²) in [5.74, 6) is 3.12. The fraction of sp³-hybridized carbons (Fsp3) is 0.592. The minimum absolute atomic E-state index is 0.00952. The molecule has 3 aromatic rings. The minimum atomic E-state index is -0.694. The van der Waals surface area contributed by atoms with Crippen LogP contribution in [0.4, 0.5) is 0 Å². The lowest BCUT2D eigenvalue weighted by Crippen LogP contribution is -2.66. The molecule has 0 saturated heterocycles. The zero-order chi connectivity index (χ0) is 35.9. The van der Waals surface area contributed by atoms with Crippen molar-refractivity contribution in [3.8, 4) is 0 Å². The first-order valence-electron chi connectivity index (χ1n) is 20.5. The van der Waals surface area contributed by atoms with Crippen LogP contribution in [-0.2, 0) is 10.3 Å². The summed E-state index contributed by atoms with van der Waals surface area (Å²) in [5.41, 5.74) is 5.28. The van der Waals surface area contributed by atoms with E-state index in [2.05, 4.69) is 133 Å². The van der Waals surface area contributed by atoms with Gasteiger partial charge in [-0.15, -0.1) is 0 Å². The number of benzene rings is 3. The van der Waals surface area contributed by atoms with Gasteiger partial charge in [0.05, 0.1) is 12.7 Å². The topological polar surface area (TPSA) is 29.5 Å². The maximum Gasteiger partial charge on any atom is 0.143 e. The number of ether oxygens (including phenoxy) is 1. The molecule has 3 aromatic carbocycles. The highest BCUT2D eigenvalue weighted by atomic mass is 16.5. The largest absolute Gasteiger partial charge is 0.393 e. The van der Waals surface area contributed by atoms with Crippen LogP contribution >= 0.6 is 0 Å². The molecule has 0 bridgehead atoms. The quantitative estimate of drug-likeness (QED) is 0.198. The van der Waals surface area contributed by atoms with Gasteiger partial charge in [-0.2, -0.15) is 0 Å². The van der Waals surface area contributed by atoms with Crippen LogP contribution in [0.5, 0.6) is 0 Å². The van der Waals surface area contributed by atoms with Crippen molar-refractivity contribution >= 4 is 0 Å². The Morgan fingerprint density at radius 2 is 1.24 bits per heavy atom. The van der Waals surface area contributed by atoms with Crippen molar-refractivity contribution in [3.05, 3.63) is 120 Å². The highest BCUT2D eigenvalue weighted by Gasteiger charge is 2.71. The Bertz CT molecular complexity index is 1620. The number of hydrogen-bond donors (Lipinski definition) is 1. The summed E-state index contributed by atoms with van der Waals surface area (Å²) < 4.78 is 7.77. The minimum Gasteiger partial charge on any atom is -0.393 e.